The summed E-state index contributed by atoms with van der Waals surface area (Å²) in [6, 6.07) is 4.70. The maximum Gasteiger partial charge on any atom is 0.298 e. The fraction of sp³-hybridized carbons (Fsp3) is 0.200. The van der Waals surface area contributed by atoms with Gasteiger partial charge >= 0.3 is 0 Å². The van der Waals surface area contributed by atoms with Gasteiger partial charge in [0, 0.05) is 5.69 Å². The molecule has 0 saturated heterocycles. The van der Waals surface area contributed by atoms with E-state index in [0.29, 0.717) is 5.69 Å². The van der Waals surface area contributed by atoms with Crippen LogP contribution in [0.5, 0.6) is 0 Å². The lowest BCUT2D eigenvalue weighted by Crippen LogP contribution is -2.19. The topological polar surface area (TPSA) is 91.1 Å². The second kappa shape index (κ2) is 3.82. The zero-order chi connectivity index (χ0) is 11.7. The highest BCUT2D eigenvalue weighted by Gasteiger charge is 2.25. The van der Waals surface area contributed by atoms with Gasteiger partial charge in [0.2, 0.25) is 0 Å². The van der Waals surface area contributed by atoms with E-state index in [4.69, 9.17) is 0 Å². The van der Waals surface area contributed by atoms with E-state index in [1.165, 1.54) is 13.0 Å². The van der Waals surface area contributed by atoms with E-state index in [1.807, 2.05) is 0 Å². The van der Waals surface area contributed by atoms with Gasteiger partial charge in [0.1, 0.15) is 6.23 Å². The Morgan fingerprint density at radius 1 is 1.25 bits per heavy atom. The molecule has 0 radical (unpaired) electrons. The maximum absolute atomic E-state index is 11.5. The molecule has 2 rings (SSSR count). The van der Waals surface area contributed by atoms with Crippen LogP contribution < -0.4 is 5.32 Å². The van der Waals surface area contributed by atoms with Gasteiger partial charge in [0.25, 0.3) is 11.8 Å². The SMILES string of the molecule is CC(O)Nc1cccc2c1C(=O)N=NC2=O. The molecule has 1 aromatic rings. The Morgan fingerprint density at radius 2 is 1.94 bits per heavy atom. The van der Waals surface area contributed by atoms with E-state index >= 15 is 0 Å². The lowest BCUT2D eigenvalue weighted by atomic mass is 10.0. The minimum atomic E-state index is -0.826. The number of azo groups is 1. The van der Waals surface area contributed by atoms with Gasteiger partial charge in [-0.25, -0.2) is 0 Å². The van der Waals surface area contributed by atoms with Crippen molar-refractivity contribution in [3.63, 3.8) is 0 Å². The molecule has 6 heteroatoms. The fourth-order valence-electron chi connectivity index (χ4n) is 1.50. The number of anilines is 1. The van der Waals surface area contributed by atoms with Crippen molar-refractivity contribution in [3.05, 3.63) is 29.3 Å². The smallest absolute Gasteiger partial charge is 0.298 e. The predicted octanol–water partition coefficient (Wildman–Crippen LogP) is 1.18. The highest BCUT2D eigenvalue weighted by molar-refractivity contribution is 6.14. The van der Waals surface area contributed by atoms with Crippen LogP contribution in [0.2, 0.25) is 0 Å². The number of aliphatic hydroxyl groups is 1. The number of hydrogen-bond donors (Lipinski definition) is 2. The normalized spacial score (nSPS) is 15.9. The van der Waals surface area contributed by atoms with Crippen LogP contribution in [0.15, 0.2) is 28.4 Å². The summed E-state index contributed by atoms with van der Waals surface area (Å²) >= 11 is 0. The Labute approximate surface area is 91.0 Å². The molecule has 0 bridgehead atoms. The first kappa shape index (κ1) is 10.4. The summed E-state index contributed by atoms with van der Waals surface area (Å²) in [4.78, 5) is 22.9. The molecule has 2 amide bonds. The molecule has 0 aromatic heterocycles. The van der Waals surface area contributed by atoms with Gasteiger partial charge in [-0.05, 0) is 19.1 Å². The Morgan fingerprint density at radius 3 is 2.62 bits per heavy atom. The summed E-state index contributed by atoms with van der Waals surface area (Å²) in [7, 11) is 0. The minimum Gasteiger partial charge on any atom is -0.374 e. The molecule has 0 fully saturated rings. The van der Waals surface area contributed by atoms with Crippen LogP contribution in [0.1, 0.15) is 27.6 Å². The number of aliphatic hydroxyl groups excluding tert-OH is 1. The number of nitrogens with zero attached hydrogens (tertiary/aromatic N) is 2. The van der Waals surface area contributed by atoms with Gasteiger partial charge < -0.3 is 10.4 Å². The fourth-order valence-corrected chi connectivity index (χ4v) is 1.50. The molecule has 0 aliphatic carbocycles. The van der Waals surface area contributed by atoms with Crippen molar-refractivity contribution in [1.82, 2.24) is 0 Å². The first-order valence-electron chi connectivity index (χ1n) is 4.67. The molecule has 2 N–H and O–H groups in total. The van der Waals surface area contributed by atoms with Crippen molar-refractivity contribution in [2.24, 2.45) is 10.2 Å². The number of carbonyl (C=O) groups excluding carboxylic acids is 2. The van der Waals surface area contributed by atoms with Crippen LogP contribution in [-0.4, -0.2) is 23.1 Å². The number of nitrogens with one attached hydrogen (secondary N) is 1. The van der Waals surface area contributed by atoms with Crippen LogP contribution in [0.3, 0.4) is 0 Å². The van der Waals surface area contributed by atoms with Crippen molar-refractivity contribution in [2.45, 2.75) is 13.2 Å². The molecule has 82 valence electrons. The monoisotopic (exact) mass is 219 g/mol. The zero-order valence-corrected chi connectivity index (χ0v) is 8.47. The van der Waals surface area contributed by atoms with Crippen molar-refractivity contribution in [2.75, 3.05) is 5.32 Å². The number of hydrogen-bond acceptors (Lipinski definition) is 4. The zero-order valence-electron chi connectivity index (χ0n) is 8.47. The Hall–Kier alpha value is -2.08. The standard InChI is InChI=1S/C10H9N3O3/c1-5(14)11-7-4-2-3-6-8(7)10(16)13-12-9(6)15/h2-5,11,14H,1H3. The molecule has 1 heterocycles. The second-order valence-corrected chi connectivity index (χ2v) is 3.36. The van der Waals surface area contributed by atoms with E-state index in [1.54, 1.807) is 12.1 Å². The van der Waals surface area contributed by atoms with Crippen LogP contribution in [0.4, 0.5) is 5.69 Å². The number of carbonyl (C=O) groups is 2. The Kier molecular flexibility index (Phi) is 2.49. The van der Waals surface area contributed by atoms with Gasteiger partial charge in [-0.15, -0.1) is 10.2 Å². The summed E-state index contributed by atoms with van der Waals surface area (Å²) in [5, 5.41) is 18.3. The van der Waals surface area contributed by atoms with Gasteiger partial charge in [-0.3, -0.25) is 9.59 Å². The molecule has 1 aliphatic heterocycles. The van der Waals surface area contributed by atoms with E-state index in [9.17, 15) is 14.7 Å². The highest BCUT2D eigenvalue weighted by atomic mass is 16.3. The van der Waals surface area contributed by atoms with Gasteiger partial charge in [0.05, 0.1) is 11.1 Å². The first-order chi connectivity index (χ1) is 7.59. The average molecular weight is 219 g/mol. The number of rotatable bonds is 2. The van der Waals surface area contributed by atoms with Crippen molar-refractivity contribution < 1.29 is 14.7 Å². The van der Waals surface area contributed by atoms with Gasteiger partial charge in [-0.2, -0.15) is 0 Å². The molecule has 0 saturated carbocycles. The van der Waals surface area contributed by atoms with Crippen LogP contribution >= 0.6 is 0 Å². The maximum atomic E-state index is 11.5. The van der Waals surface area contributed by atoms with Gasteiger partial charge in [0.15, 0.2) is 0 Å². The van der Waals surface area contributed by atoms with E-state index in [2.05, 4.69) is 15.5 Å². The van der Waals surface area contributed by atoms with Crippen LogP contribution in [0, 0.1) is 0 Å². The summed E-state index contributed by atoms with van der Waals surface area (Å²) in [5.41, 5.74) is 0.735. The Bertz CT molecular complexity index is 494. The number of amides is 2. The van der Waals surface area contributed by atoms with Crippen LogP contribution in [-0.2, 0) is 0 Å². The van der Waals surface area contributed by atoms with Crippen molar-refractivity contribution >= 4 is 17.5 Å². The van der Waals surface area contributed by atoms with Crippen LogP contribution in [0.25, 0.3) is 0 Å². The van der Waals surface area contributed by atoms with Gasteiger partial charge in [-0.1, -0.05) is 6.07 Å². The number of fused-ring (bicyclic) bond motifs is 1. The molecule has 0 spiro atoms. The molecule has 1 atom stereocenters. The molecule has 6 nitrogen and oxygen atoms in total. The molecule has 1 unspecified atom stereocenters. The lowest BCUT2D eigenvalue weighted by molar-refractivity contribution is 0.0921. The molecule has 16 heavy (non-hydrogen) atoms. The molecular weight excluding hydrogens is 210 g/mol. The van der Waals surface area contributed by atoms with E-state index in [0.717, 1.165) is 0 Å². The Balaban J connectivity index is 2.55. The predicted molar refractivity (Wildman–Crippen MR) is 55.3 cm³/mol. The summed E-state index contributed by atoms with van der Waals surface area (Å²) < 4.78 is 0. The number of benzene rings is 1. The summed E-state index contributed by atoms with van der Waals surface area (Å²) in [6.07, 6.45) is -0.826. The lowest BCUT2D eigenvalue weighted by Gasteiger charge is -2.15. The van der Waals surface area contributed by atoms with Crippen molar-refractivity contribution in [3.8, 4) is 0 Å². The quantitative estimate of drug-likeness (QED) is 0.730. The third-order valence-electron chi connectivity index (χ3n) is 2.10. The average Bonchev–Trinajstić information content (AvgIpc) is 2.23. The minimum absolute atomic E-state index is 0.156. The second-order valence-electron chi connectivity index (χ2n) is 3.36. The van der Waals surface area contributed by atoms with Crippen molar-refractivity contribution in [1.29, 1.82) is 0 Å². The molecule has 1 aromatic carbocycles. The highest BCUT2D eigenvalue weighted by Crippen LogP contribution is 2.25. The molecular formula is C10H9N3O3. The third kappa shape index (κ3) is 1.70. The molecule has 1 aliphatic rings. The first-order valence-corrected chi connectivity index (χ1v) is 4.67. The summed E-state index contributed by atoms with van der Waals surface area (Å²) in [6.45, 7) is 1.51. The van der Waals surface area contributed by atoms with E-state index in [-0.39, 0.29) is 11.1 Å². The largest absolute Gasteiger partial charge is 0.374 e. The van der Waals surface area contributed by atoms with E-state index < -0.39 is 18.0 Å². The summed E-state index contributed by atoms with van der Waals surface area (Å²) in [5.74, 6) is -1.14. The third-order valence-corrected chi connectivity index (χ3v) is 2.10.